The van der Waals surface area contributed by atoms with Crippen LogP contribution in [0.3, 0.4) is 0 Å². The molecule has 0 bridgehead atoms. The van der Waals surface area contributed by atoms with Crippen molar-refractivity contribution in [3.05, 3.63) is 18.0 Å². The van der Waals surface area contributed by atoms with Crippen LogP contribution in [0.5, 0.6) is 0 Å². The van der Waals surface area contributed by atoms with Crippen molar-refractivity contribution >= 4 is 5.97 Å². The number of aryl methyl sites for hydroxylation is 2. The molecule has 1 heterocycles. The lowest BCUT2D eigenvalue weighted by atomic mass is 10.2. The Labute approximate surface area is 82.8 Å². The first-order valence-corrected chi connectivity index (χ1v) is 4.46. The van der Waals surface area contributed by atoms with Crippen molar-refractivity contribution in [3.63, 3.8) is 0 Å². The second-order valence-electron chi connectivity index (χ2n) is 3.20. The molecule has 0 saturated heterocycles. The molecule has 0 spiro atoms. The van der Waals surface area contributed by atoms with Gasteiger partial charge in [-0.1, -0.05) is 0 Å². The molecule has 2 N–H and O–H groups in total. The van der Waals surface area contributed by atoms with Gasteiger partial charge in [-0.3, -0.25) is 9.48 Å². The largest absolute Gasteiger partial charge is 0.468 e. The minimum atomic E-state index is -0.565. The molecule has 0 amide bonds. The molecule has 1 rings (SSSR count). The third-order valence-corrected chi connectivity index (χ3v) is 1.94. The molecule has 0 saturated carbocycles. The van der Waals surface area contributed by atoms with Gasteiger partial charge >= 0.3 is 5.97 Å². The van der Waals surface area contributed by atoms with Crippen molar-refractivity contribution in [2.45, 2.75) is 25.9 Å². The maximum atomic E-state index is 11.0. The van der Waals surface area contributed by atoms with Gasteiger partial charge in [0.1, 0.15) is 6.04 Å². The van der Waals surface area contributed by atoms with Gasteiger partial charge in [-0.25, -0.2) is 0 Å². The molecule has 5 nitrogen and oxygen atoms in total. The molecule has 1 atom stereocenters. The Morgan fingerprint density at radius 2 is 2.50 bits per heavy atom. The number of nitrogens with two attached hydrogens (primary N) is 1. The van der Waals surface area contributed by atoms with E-state index < -0.39 is 6.04 Å². The number of rotatable bonds is 4. The second-order valence-corrected chi connectivity index (χ2v) is 3.20. The topological polar surface area (TPSA) is 70.1 Å². The first kappa shape index (κ1) is 10.7. The summed E-state index contributed by atoms with van der Waals surface area (Å²) in [6, 6.07) is -0.565. The predicted octanol–water partition coefficient (Wildman–Crippen LogP) is 0.0819. The molecule has 78 valence electrons. The van der Waals surface area contributed by atoms with E-state index in [2.05, 4.69) is 9.84 Å². The Kier molecular flexibility index (Phi) is 3.64. The molecule has 0 fully saturated rings. The average Bonchev–Trinajstić information content (AvgIpc) is 2.59. The molecule has 0 radical (unpaired) electrons. The van der Waals surface area contributed by atoms with Crippen LogP contribution in [0.1, 0.15) is 12.0 Å². The molecule has 0 aliphatic carbocycles. The van der Waals surface area contributed by atoms with Gasteiger partial charge in [-0.05, 0) is 18.9 Å². The number of aromatic nitrogens is 2. The molecule has 0 aliphatic heterocycles. The fraction of sp³-hybridized carbons (Fsp3) is 0.556. The summed E-state index contributed by atoms with van der Waals surface area (Å²) in [4.78, 5) is 11.0. The summed E-state index contributed by atoms with van der Waals surface area (Å²) >= 11 is 0. The smallest absolute Gasteiger partial charge is 0.322 e. The van der Waals surface area contributed by atoms with Gasteiger partial charge in [0.2, 0.25) is 0 Å². The van der Waals surface area contributed by atoms with Gasteiger partial charge in [0.05, 0.1) is 13.3 Å². The highest BCUT2D eigenvalue weighted by atomic mass is 16.5. The molecule has 14 heavy (non-hydrogen) atoms. The summed E-state index contributed by atoms with van der Waals surface area (Å²) in [6.07, 6.45) is 4.21. The fourth-order valence-corrected chi connectivity index (χ4v) is 1.13. The van der Waals surface area contributed by atoms with Crippen LogP contribution in [0.25, 0.3) is 0 Å². The highest BCUT2D eigenvalue weighted by molar-refractivity contribution is 5.75. The molecule has 5 heteroatoms. The van der Waals surface area contributed by atoms with Gasteiger partial charge in [0.15, 0.2) is 0 Å². The number of nitrogens with zero attached hydrogens (tertiary/aromatic N) is 2. The van der Waals surface area contributed by atoms with Gasteiger partial charge in [-0.15, -0.1) is 0 Å². The SMILES string of the molecule is COC(=O)C(N)CCn1cc(C)cn1. The number of esters is 1. The number of carbonyl (C=O) groups excluding carboxylic acids is 1. The third kappa shape index (κ3) is 2.85. The minimum Gasteiger partial charge on any atom is -0.468 e. The quantitative estimate of drug-likeness (QED) is 0.694. The normalized spacial score (nSPS) is 12.5. The standard InChI is InChI=1S/C9H15N3O2/c1-7-5-11-12(6-7)4-3-8(10)9(13)14-2/h5-6,8H,3-4,10H2,1-2H3. The van der Waals surface area contributed by atoms with E-state index >= 15 is 0 Å². The van der Waals surface area contributed by atoms with Crippen molar-refractivity contribution in [3.8, 4) is 0 Å². The van der Waals surface area contributed by atoms with Crippen molar-refractivity contribution in [1.29, 1.82) is 0 Å². The van der Waals surface area contributed by atoms with Crippen LogP contribution in [0.2, 0.25) is 0 Å². The van der Waals surface area contributed by atoms with Crippen LogP contribution >= 0.6 is 0 Å². The average molecular weight is 197 g/mol. The minimum absolute atomic E-state index is 0.381. The summed E-state index contributed by atoms with van der Waals surface area (Å²) in [5, 5.41) is 4.08. The lowest BCUT2D eigenvalue weighted by Crippen LogP contribution is -2.32. The monoisotopic (exact) mass is 197 g/mol. The third-order valence-electron chi connectivity index (χ3n) is 1.94. The molecular formula is C9H15N3O2. The van der Waals surface area contributed by atoms with Crippen molar-refractivity contribution in [2.24, 2.45) is 5.73 Å². The predicted molar refractivity (Wildman–Crippen MR) is 51.6 cm³/mol. The van der Waals surface area contributed by atoms with E-state index in [1.807, 2.05) is 13.1 Å². The molecular weight excluding hydrogens is 182 g/mol. The van der Waals surface area contributed by atoms with E-state index in [1.54, 1.807) is 10.9 Å². The number of hydrogen-bond donors (Lipinski definition) is 1. The van der Waals surface area contributed by atoms with E-state index in [9.17, 15) is 4.79 Å². The Balaban J connectivity index is 2.37. The maximum Gasteiger partial charge on any atom is 0.322 e. The zero-order valence-electron chi connectivity index (χ0n) is 8.43. The molecule has 1 aromatic heterocycles. The van der Waals surface area contributed by atoms with Crippen LogP contribution in [-0.2, 0) is 16.1 Å². The lowest BCUT2D eigenvalue weighted by Gasteiger charge is -2.08. The Bertz CT molecular complexity index is 309. The Morgan fingerprint density at radius 1 is 1.79 bits per heavy atom. The van der Waals surface area contributed by atoms with Gasteiger partial charge in [0.25, 0.3) is 0 Å². The number of methoxy groups -OCH3 is 1. The van der Waals surface area contributed by atoms with E-state index in [-0.39, 0.29) is 5.97 Å². The number of carbonyl (C=O) groups is 1. The molecule has 1 unspecified atom stereocenters. The van der Waals surface area contributed by atoms with Crippen molar-refractivity contribution < 1.29 is 9.53 Å². The van der Waals surface area contributed by atoms with E-state index in [1.165, 1.54) is 7.11 Å². The van der Waals surface area contributed by atoms with Crippen LogP contribution in [0.15, 0.2) is 12.4 Å². The second kappa shape index (κ2) is 4.76. The highest BCUT2D eigenvalue weighted by Crippen LogP contribution is 1.98. The zero-order valence-corrected chi connectivity index (χ0v) is 8.43. The first-order valence-electron chi connectivity index (χ1n) is 4.46. The van der Waals surface area contributed by atoms with Crippen LogP contribution < -0.4 is 5.73 Å². The van der Waals surface area contributed by atoms with E-state index in [4.69, 9.17) is 5.73 Å². The Hall–Kier alpha value is -1.36. The van der Waals surface area contributed by atoms with Gasteiger partial charge in [0, 0.05) is 12.7 Å². The number of ether oxygens (including phenoxy) is 1. The van der Waals surface area contributed by atoms with Crippen LogP contribution in [0.4, 0.5) is 0 Å². The number of hydrogen-bond acceptors (Lipinski definition) is 4. The van der Waals surface area contributed by atoms with Crippen molar-refractivity contribution in [1.82, 2.24) is 9.78 Å². The fourth-order valence-electron chi connectivity index (χ4n) is 1.13. The molecule has 0 aliphatic rings. The summed E-state index contributed by atoms with van der Waals surface area (Å²) in [5.41, 5.74) is 6.66. The van der Waals surface area contributed by atoms with Gasteiger partial charge < -0.3 is 10.5 Å². The first-order chi connectivity index (χ1) is 6.63. The summed E-state index contributed by atoms with van der Waals surface area (Å²) in [7, 11) is 1.33. The summed E-state index contributed by atoms with van der Waals surface area (Å²) in [5.74, 6) is -0.381. The Morgan fingerprint density at radius 3 is 3.00 bits per heavy atom. The molecule has 0 aromatic carbocycles. The highest BCUT2D eigenvalue weighted by Gasteiger charge is 2.13. The van der Waals surface area contributed by atoms with Crippen LogP contribution in [-0.4, -0.2) is 28.9 Å². The van der Waals surface area contributed by atoms with Crippen LogP contribution in [0, 0.1) is 6.92 Å². The maximum absolute atomic E-state index is 11.0. The van der Waals surface area contributed by atoms with E-state index in [0.29, 0.717) is 13.0 Å². The van der Waals surface area contributed by atoms with Gasteiger partial charge in [-0.2, -0.15) is 5.10 Å². The van der Waals surface area contributed by atoms with Crippen molar-refractivity contribution in [2.75, 3.05) is 7.11 Å². The molecule has 1 aromatic rings. The summed E-state index contributed by atoms with van der Waals surface area (Å²) < 4.78 is 6.27. The zero-order chi connectivity index (χ0) is 10.6. The van der Waals surface area contributed by atoms with E-state index in [0.717, 1.165) is 5.56 Å². The summed E-state index contributed by atoms with van der Waals surface area (Å²) in [6.45, 7) is 2.59. The lowest BCUT2D eigenvalue weighted by molar-refractivity contribution is -0.142.